The molecule has 0 aliphatic rings. The second-order valence-electron chi connectivity index (χ2n) is 11.0. The zero-order valence-corrected chi connectivity index (χ0v) is 34.3. The van der Waals surface area contributed by atoms with E-state index in [2.05, 4.69) is 5.92 Å². The van der Waals surface area contributed by atoms with E-state index in [0.29, 0.717) is 149 Å². The van der Waals surface area contributed by atoms with Crippen LogP contribution in [-0.4, -0.2) is 198 Å². The molecule has 1 N–H and O–H groups in total. The second-order valence-corrected chi connectivity index (χ2v) is 11.0. The SMILES string of the molecule is C#CCOCCOCC.COCCOCCOCCOc1cc(COCCOCCO)cc(OCCOCCOCCOC)c1OCCOCCOCCOC. The van der Waals surface area contributed by atoms with Gasteiger partial charge in [-0.25, -0.2) is 0 Å². The molecule has 1 aromatic carbocycles. The van der Waals surface area contributed by atoms with Crippen LogP contribution in [0.25, 0.3) is 0 Å². The second kappa shape index (κ2) is 45.3. The molecule has 0 unspecified atom stereocenters. The van der Waals surface area contributed by atoms with E-state index in [4.69, 9.17) is 87.3 Å². The summed E-state index contributed by atoms with van der Waals surface area (Å²) in [5.41, 5.74) is 0.814. The van der Waals surface area contributed by atoms with Gasteiger partial charge in [0.15, 0.2) is 11.5 Å². The lowest BCUT2D eigenvalue weighted by Gasteiger charge is -2.19. The molecule has 56 heavy (non-hydrogen) atoms. The first-order valence-electron chi connectivity index (χ1n) is 19.0. The normalized spacial score (nSPS) is 10.9. The number of hydrogen-bond donors (Lipinski definition) is 1. The summed E-state index contributed by atoms with van der Waals surface area (Å²) >= 11 is 0. The first-order valence-corrected chi connectivity index (χ1v) is 19.0. The summed E-state index contributed by atoms with van der Waals surface area (Å²) in [6, 6.07) is 3.70. The predicted molar refractivity (Wildman–Crippen MR) is 207 cm³/mol. The van der Waals surface area contributed by atoms with Gasteiger partial charge >= 0.3 is 0 Å². The molecule has 0 aromatic heterocycles. The maximum Gasteiger partial charge on any atom is 0.203 e. The quantitative estimate of drug-likeness (QED) is 0.0752. The summed E-state index contributed by atoms with van der Waals surface area (Å²) in [5, 5.41) is 8.89. The molecule has 0 heterocycles. The number of methoxy groups -OCH3 is 3. The van der Waals surface area contributed by atoms with Crippen molar-refractivity contribution in [2.75, 3.05) is 193 Å². The van der Waals surface area contributed by atoms with Gasteiger partial charge in [-0.05, 0) is 24.6 Å². The Morgan fingerprint density at radius 1 is 0.446 bits per heavy atom. The highest BCUT2D eigenvalue weighted by Crippen LogP contribution is 2.39. The van der Waals surface area contributed by atoms with Gasteiger partial charge in [-0.3, -0.25) is 0 Å². The Hall–Kier alpha value is -2.38. The number of terminal acetylenes is 1. The van der Waals surface area contributed by atoms with Crippen molar-refractivity contribution < 1.29 is 80.9 Å². The van der Waals surface area contributed by atoms with Gasteiger partial charge in [0.2, 0.25) is 5.75 Å². The van der Waals surface area contributed by atoms with Gasteiger partial charge in [-0.2, -0.15) is 0 Å². The topological polar surface area (TPSA) is 168 Å². The van der Waals surface area contributed by atoms with E-state index in [9.17, 15) is 0 Å². The van der Waals surface area contributed by atoms with Crippen LogP contribution in [0.4, 0.5) is 0 Å². The van der Waals surface area contributed by atoms with E-state index in [1.807, 2.05) is 19.1 Å². The molecule has 0 fully saturated rings. The van der Waals surface area contributed by atoms with E-state index in [0.717, 1.165) is 12.2 Å². The Morgan fingerprint density at radius 3 is 1.21 bits per heavy atom. The van der Waals surface area contributed by atoms with E-state index >= 15 is 0 Å². The predicted octanol–water partition coefficient (Wildman–Crippen LogP) is 2.06. The first kappa shape index (κ1) is 53.6. The molecular formula is C39H70O17. The molecule has 0 aliphatic heterocycles. The Morgan fingerprint density at radius 2 is 0.804 bits per heavy atom. The molecule has 17 nitrogen and oxygen atoms in total. The Labute approximate surface area is 334 Å². The minimum Gasteiger partial charge on any atom is -0.487 e. The Kier molecular flexibility index (Phi) is 43.4. The molecule has 328 valence electrons. The summed E-state index contributed by atoms with van der Waals surface area (Å²) in [7, 11) is 4.89. The van der Waals surface area contributed by atoms with Crippen molar-refractivity contribution in [2.45, 2.75) is 13.5 Å². The Bertz CT molecular complexity index is 938. The molecular weight excluding hydrogens is 740 g/mol. The van der Waals surface area contributed by atoms with Crippen molar-refractivity contribution >= 4 is 0 Å². The van der Waals surface area contributed by atoms with Crippen LogP contribution in [0.3, 0.4) is 0 Å². The molecule has 0 saturated carbocycles. The summed E-state index contributed by atoms with van der Waals surface area (Å²) in [6.07, 6.45) is 4.93. The summed E-state index contributed by atoms with van der Waals surface area (Å²) in [6.45, 7) is 13.2. The number of ether oxygens (including phenoxy) is 16. The standard InChI is InChI=1S/C32H58O15.C7H12O2/c1-34-6-9-38-12-15-41-20-23-45-30-26-29(28-44-19-18-37-5-4-33)27-31(46-24-21-42-16-13-39-10-7-35-2)32(30)47-25-22-43-17-14-40-11-8-36-3;1-3-5-9-7-6-8-4-2/h26-27,33H,4-25,28H2,1-3H3;1H,4-7H2,2H3. The van der Waals surface area contributed by atoms with Crippen LogP contribution in [0, 0.1) is 12.3 Å². The summed E-state index contributed by atoms with van der Waals surface area (Å²) in [5.74, 6) is 3.76. The van der Waals surface area contributed by atoms with Crippen LogP contribution in [0.2, 0.25) is 0 Å². The van der Waals surface area contributed by atoms with Crippen LogP contribution < -0.4 is 14.2 Å². The van der Waals surface area contributed by atoms with Gasteiger partial charge in [0, 0.05) is 27.9 Å². The highest BCUT2D eigenvalue weighted by Gasteiger charge is 2.17. The smallest absolute Gasteiger partial charge is 0.203 e. The molecule has 0 radical (unpaired) electrons. The van der Waals surface area contributed by atoms with Crippen molar-refractivity contribution in [3.05, 3.63) is 17.7 Å². The molecule has 0 bridgehead atoms. The molecule has 17 heteroatoms. The highest BCUT2D eigenvalue weighted by atomic mass is 16.6. The lowest BCUT2D eigenvalue weighted by atomic mass is 10.2. The van der Waals surface area contributed by atoms with Gasteiger partial charge in [-0.1, -0.05) is 5.92 Å². The zero-order chi connectivity index (χ0) is 40.8. The summed E-state index contributed by atoms with van der Waals surface area (Å²) < 4.78 is 87.5. The minimum atomic E-state index is -0.0365. The van der Waals surface area contributed by atoms with E-state index in [1.54, 1.807) is 21.3 Å². The first-order chi connectivity index (χ1) is 27.7. The fraction of sp³-hybridized carbons (Fsp3) is 0.795. The van der Waals surface area contributed by atoms with Crippen LogP contribution in [0.15, 0.2) is 12.1 Å². The third-order valence-electron chi connectivity index (χ3n) is 6.57. The average Bonchev–Trinajstić information content (AvgIpc) is 3.21. The summed E-state index contributed by atoms with van der Waals surface area (Å²) in [4.78, 5) is 0. The van der Waals surface area contributed by atoms with Crippen LogP contribution in [-0.2, 0) is 68.2 Å². The molecule has 0 spiro atoms. The minimum absolute atomic E-state index is 0.0365. The van der Waals surface area contributed by atoms with E-state index in [1.165, 1.54) is 0 Å². The number of benzene rings is 1. The highest BCUT2D eigenvalue weighted by molar-refractivity contribution is 5.54. The van der Waals surface area contributed by atoms with E-state index < -0.39 is 0 Å². The third kappa shape index (κ3) is 36.0. The number of hydrogen-bond acceptors (Lipinski definition) is 17. The molecule has 0 aliphatic carbocycles. The molecule has 0 atom stereocenters. The van der Waals surface area contributed by atoms with Crippen LogP contribution in [0.5, 0.6) is 17.2 Å². The number of aliphatic hydroxyl groups is 1. The maximum atomic E-state index is 8.89. The molecule has 1 rings (SSSR count). The third-order valence-corrected chi connectivity index (χ3v) is 6.57. The lowest BCUT2D eigenvalue weighted by molar-refractivity contribution is 0.0144. The van der Waals surface area contributed by atoms with Gasteiger partial charge in [0.05, 0.1) is 145 Å². The van der Waals surface area contributed by atoms with Crippen molar-refractivity contribution in [1.29, 1.82) is 0 Å². The largest absolute Gasteiger partial charge is 0.487 e. The van der Waals surface area contributed by atoms with Gasteiger partial charge in [-0.15, -0.1) is 6.42 Å². The van der Waals surface area contributed by atoms with Crippen molar-refractivity contribution in [3.8, 4) is 29.6 Å². The fourth-order valence-corrected chi connectivity index (χ4v) is 3.96. The van der Waals surface area contributed by atoms with Crippen LogP contribution >= 0.6 is 0 Å². The van der Waals surface area contributed by atoms with E-state index in [-0.39, 0.29) is 39.6 Å². The lowest BCUT2D eigenvalue weighted by Crippen LogP contribution is -2.16. The van der Waals surface area contributed by atoms with Gasteiger partial charge in [0.1, 0.15) is 26.4 Å². The van der Waals surface area contributed by atoms with Crippen molar-refractivity contribution in [3.63, 3.8) is 0 Å². The average molecular weight is 811 g/mol. The van der Waals surface area contributed by atoms with Gasteiger partial charge in [0.25, 0.3) is 0 Å². The fourth-order valence-electron chi connectivity index (χ4n) is 3.96. The van der Waals surface area contributed by atoms with Crippen LogP contribution in [0.1, 0.15) is 12.5 Å². The monoisotopic (exact) mass is 810 g/mol. The number of rotatable bonds is 42. The zero-order valence-electron chi connectivity index (χ0n) is 34.3. The molecule has 0 amide bonds. The van der Waals surface area contributed by atoms with Gasteiger partial charge < -0.3 is 80.9 Å². The maximum absolute atomic E-state index is 8.89. The van der Waals surface area contributed by atoms with Crippen molar-refractivity contribution in [2.24, 2.45) is 0 Å². The molecule has 0 saturated heterocycles. The molecule has 1 aromatic rings. The number of aliphatic hydroxyl groups excluding tert-OH is 1. The Balaban J connectivity index is 0.00000297. The van der Waals surface area contributed by atoms with Crippen molar-refractivity contribution in [1.82, 2.24) is 0 Å².